The molecule has 1 atom stereocenters. The molecule has 0 aromatic carbocycles. The van der Waals surface area contributed by atoms with Gasteiger partial charge in [-0.3, -0.25) is 0 Å². The Bertz CT molecular complexity index is 117. The highest BCUT2D eigenvalue weighted by atomic mass is 16.5. The van der Waals surface area contributed by atoms with E-state index in [4.69, 9.17) is 10.5 Å². The van der Waals surface area contributed by atoms with Crippen LogP contribution in [0.5, 0.6) is 0 Å². The van der Waals surface area contributed by atoms with E-state index in [-0.39, 0.29) is 0 Å². The first-order valence-electron chi connectivity index (χ1n) is 5.06. The van der Waals surface area contributed by atoms with E-state index in [1.165, 1.54) is 0 Å². The topological polar surface area (TPSA) is 38.5 Å². The van der Waals surface area contributed by atoms with Gasteiger partial charge in [-0.1, -0.05) is 6.92 Å². The molecule has 0 aromatic heterocycles. The molecule has 0 radical (unpaired) electrons. The van der Waals surface area contributed by atoms with Crippen LogP contribution in [0.4, 0.5) is 0 Å². The highest BCUT2D eigenvalue weighted by molar-refractivity contribution is 4.59. The Morgan fingerprint density at radius 3 is 2.38 bits per heavy atom. The smallest absolute Gasteiger partial charge is 0.0596 e. The summed E-state index contributed by atoms with van der Waals surface area (Å²) in [4.78, 5) is 2.26. The Kier molecular flexibility index (Phi) is 7.23. The molecule has 2 N–H and O–H groups in total. The molecule has 1 unspecified atom stereocenters. The monoisotopic (exact) mass is 188 g/mol. The SMILES string of the molecule is CC(CN)CN(C)CCOC(C)C. The summed E-state index contributed by atoms with van der Waals surface area (Å²) in [6, 6.07) is 0. The average Bonchev–Trinajstić information content (AvgIpc) is 2.03. The van der Waals surface area contributed by atoms with Crippen molar-refractivity contribution in [3.8, 4) is 0 Å². The molecular weight excluding hydrogens is 164 g/mol. The van der Waals surface area contributed by atoms with Gasteiger partial charge in [0.2, 0.25) is 0 Å². The van der Waals surface area contributed by atoms with Crippen LogP contribution >= 0.6 is 0 Å². The molecule has 0 saturated carbocycles. The van der Waals surface area contributed by atoms with Crippen LogP contribution in [-0.2, 0) is 4.74 Å². The van der Waals surface area contributed by atoms with Gasteiger partial charge in [0.05, 0.1) is 12.7 Å². The van der Waals surface area contributed by atoms with Crippen LogP contribution in [-0.4, -0.2) is 44.3 Å². The van der Waals surface area contributed by atoms with Crippen LogP contribution in [0.15, 0.2) is 0 Å². The van der Waals surface area contributed by atoms with Gasteiger partial charge in [-0.25, -0.2) is 0 Å². The van der Waals surface area contributed by atoms with Crippen LogP contribution in [0.3, 0.4) is 0 Å². The third kappa shape index (κ3) is 8.22. The van der Waals surface area contributed by atoms with Gasteiger partial charge in [0.1, 0.15) is 0 Å². The number of nitrogens with two attached hydrogens (primary N) is 1. The zero-order valence-electron chi connectivity index (χ0n) is 9.42. The molecule has 0 fully saturated rings. The lowest BCUT2D eigenvalue weighted by molar-refractivity contribution is 0.0619. The number of nitrogens with zero attached hydrogens (tertiary/aromatic N) is 1. The average molecular weight is 188 g/mol. The number of hydrogen-bond donors (Lipinski definition) is 1. The maximum atomic E-state index is 5.54. The second-order valence-electron chi connectivity index (χ2n) is 4.02. The van der Waals surface area contributed by atoms with E-state index in [2.05, 4.69) is 32.7 Å². The van der Waals surface area contributed by atoms with Gasteiger partial charge in [-0.05, 0) is 33.4 Å². The van der Waals surface area contributed by atoms with E-state index >= 15 is 0 Å². The van der Waals surface area contributed by atoms with Gasteiger partial charge < -0.3 is 15.4 Å². The van der Waals surface area contributed by atoms with Crippen molar-refractivity contribution in [2.24, 2.45) is 11.7 Å². The molecule has 80 valence electrons. The van der Waals surface area contributed by atoms with Gasteiger partial charge in [0, 0.05) is 13.1 Å². The number of rotatable bonds is 7. The highest BCUT2D eigenvalue weighted by Gasteiger charge is 2.04. The fourth-order valence-corrected chi connectivity index (χ4v) is 1.14. The van der Waals surface area contributed by atoms with Crippen LogP contribution in [0.1, 0.15) is 20.8 Å². The van der Waals surface area contributed by atoms with Crippen molar-refractivity contribution >= 4 is 0 Å². The third-order valence-corrected chi connectivity index (χ3v) is 1.95. The zero-order valence-corrected chi connectivity index (χ0v) is 9.42. The largest absolute Gasteiger partial charge is 0.377 e. The molecule has 0 amide bonds. The Hall–Kier alpha value is -0.120. The normalized spacial score (nSPS) is 14.1. The minimum atomic E-state index is 0.334. The van der Waals surface area contributed by atoms with Crippen molar-refractivity contribution in [3.05, 3.63) is 0 Å². The first-order valence-corrected chi connectivity index (χ1v) is 5.06. The summed E-state index contributed by atoms with van der Waals surface area (Å²) in [7, 11) is 2.11. The highest BCUT2D eigenvalue weighted by Crippen LogP contribution is 1.95. The molecule has 0 aromatic rings. The second kappa shape index (κ2) is 7.30. The van der Waals surface area contributed by atoms with Crippen LogP contribution in [0, 0.1) is 5.92 Å². The van der Waals surface area contributed by atoms with Gasteiger partial charge in [0.15, 0.2) is 0 Å². The second-order valence-corrected chi connectivity index (χ2v) is 4.02. The molecule has 0 aliphatic heterocycles. The van der Waals surface area contributed by atoms with Crippen molar-refractivity contribution in [2.45, 2.75) is 26.9 Å². The van der Waals surface area contributed by atoms with Crippen molar-refractivity contribution in [3.63, 3.8) is 0 Å². The maximum Gasteiger partial charge on any atom is 0.0596 e. The van der Waals surface area contributed by atoms with E-state index in [1.807, 2.05) is 0 Å². The van der Waals surface area contributed by atoms with Crippen molar-refractivity contribution in [2.75, 3.05) is 33.3 Å². The minimum absolute atomic E-state index is 0.334. The van der Waals surface area contributed by atoms with E-state index in [9.17, 15) is 0 Å². The van der Waals surface area contributed by atoms with Crippen molar-refractivity contribution in [1.82, 2.24) is 4.90 Å². The first kappa shape index (κ1) is 12.9. The predicted molar refractivity (Wildman–Crippen MR) is 56.8 cm³/mol. The molecular formula is C10H24N2O. The number of ether oxygens (including phenoxy) is 1. The molecule has 0 saturated heterocycles. The molecule has 0 bridgehead atoms. The zero-order chi connectivity index (χ0) is 10.3. The summed E-state index contributed by atoms with van der Waals surface area (Å²) in [5, 5.41) is 0. The van der Waals surface area contributed by atoms with Crippen molar-refractivity contribution in [1.29, 1.82) is 0 Å². The van der Waals surface area contributed by atoms with E-state index in [0.717, 1.165) is 26.2 Å². The molecule has 0 heterocycles. The summed E-state index contributed by atoms with van der Waals surface area (Å²) >= 11 is 0. The lowest BCUT2D eigenvalue weighted by Crippen LogP contribution is -2.31. The fourth-order valence-electron chi connectivity index (χ4n) is 1.14. The van der Waals surface area contributed by atoms with Gasteiger partial charge in [-0.2, -0.15) is 0 Å². The standard InChI is InChI=1S/C10H24N2O/c1-9(2)13-6-5-12(4)8-10(3)7-11/h9-10H,5-8,11H2,1-4H3. The maximum absolute atomic E-state index is 5.54. The molecule has 3 heteroatoms. The first-order chi connectivity index (χ1) is 6.06. The fraction of sp³-hybridized carbons (Fsp3) is 1.00. The van der Waals surface area contributed by atoms with E-state index in [0.29, 0.717) is 12.0 Å². The van der Waals surface area contributed by atoms with Crippen LogP contribution in [0.25, 0.3) is 0 Å². The Morgan fingerprint density at radius 1 is 1.31 bits per heavy atom. The Labute approximate surface area is 82.2 Å². The lowest BCUT2D eigenvalue weighted by atomic mass is 10.2. The molecule has 0 aliphatic rings. The summed E-state index contributed by atoms with van der Waals surface area (Å²) in [5.41, 5.74) is 5.54. The quantitative estimate of drug-likeness (QED) is 0.646. The summed E-state index contributed by atoms with van der Waals surface area (Å²) in [6.45, 7) is 9.89. The lowest BCUT2D eigenvalue weighted by Gasteiger charge is -2.20. The molecule has 0 rings (SSSR count). The van der Waals surface area contributed by atoms with Crippen LogP contribution in [0.2, 0.25) is 0 Å². The van der Waals surface area contributed by atoms with E-state index in [1.54, 1.807) is 0 Å². The van der Waals surface area contributed by atoms with Crippen LogP contribution < -0.4 is 5.73 Å². The van der Waals surface area contributed by atoms with Gasteiger partial charge >= 0.3 is 0 Å². The Morgan fingerprint density at radius 2 is 1.92 bits per heavy atom. The van der Waals surface area contributed by atoms with Gasteiger partial charge in [0.25, 0.3) is 0 Å². The number of hydrogen-bond acceptors (Lipinski definition) is 3. The summed E-state index contributed by atoms with van der Waals surface area (Å²) in [6.07, 6.45) is 0.334. The molecule has 0 spiro atoms. The van der Waals surface area contributed by atoms with Crippen molar-refractivity contribution < 1.29 is 4.74 Å². The predicted octanol–water partition coefficient (Wildman–Crippen LogP) is 0.938. The number of likely N-dealkylation sites (N-methyl/N-ethyl adjacent to an activating group) is 1. The van der Waals surface area contributed by atoms with Gasteiger partial charge in [-0.15, -0.1) is 0 Å². The summed E-state index contributed by atoms with van der Waals surface area (Å²) < 4.78 is 5.45. The molecule has 0 aliphatic carbocycles. The molecule has 13 heavy (non-hydrogen) atoms. The summed E-state index contributed by atoms with van der Waals surface area (Å²) in [5.74, 6) is 0.573. The van der Waals surface area contributed by atoms with E-state index < -0.39 is 0 Å². The molecule has 3 nitrogen and oxygen atoms in total. The minimum Gasteiger partial charge on any atom is -0.377 e. The Balaban J connectivity index is 3.34. The third-order valence-electron chi connectivity index (χ3n) is 1.95.